The molecule has 63 heavy (non-hydrogen) atoms. The molecular formula is C57H110O6. The van der Waals surface area contributed by atoms with Crippen molar-refractivity contribution in [1.82, 2.24) is 0 Å². The van der Waals surface area contributed by atoms with Crippen molar-refractivity contribution in [3.63, 3.8) is 0 Å². The summed E-state index contributed by atoms with van der Waals surface area (Å²) in [6.45, 7) is 11.4. The molecule has 0 heterocycles. The average molecular weight is 892 g/mol. The molecule has 0 aliphatic rings. The number of carbonyl (C=O) groups excluding carboxylic acids is 3. The molecule has 0 bridgehead atoms. The molecule has 6 nitrogen and oxygen atoms in total. The van der Waals surface area contributed by atoms with Gasteiger partial charge in [0.25, 0.3) is 0 Å². The van der Waals surface area contributed by atoms with Crippen molar-refractivity contribution in [1.29, 1.82) is 0 Å². The van der Waals surface area contributed by atoms with Crippen LogP contribution < -0.4 is 0 Å². The highest BCUT2D eigenvalue weighted by Crippen LogP contribution is 2.18. The molecule has 0 aromatic heterocycles. The van der Waals surface area contributed by atoms with E-state index in [4.69, 9.17) is 14.2 Å². The molecule has 374 valence electrons. The third-order valence-corrected chi connectivity index (χ3v) is 13.0. The summed E-state index contributed by atoms with van der Waals surface area (Å²) >= 11 is 0. The number of ether oxygens (including phenoxy) is 3. The Morgan fingerprint density at radius 2 is 0.524 bits per heavy atom. The van der Waals surface area contributed by atoms with Gasteiger partial charge < -0.3 is 14.2 Å². The van der Waals surface area contributed by atoms with Gasteiger partial charge >= 0.3 is 17.9 Å². The fourth-order valence-corrected chi connectivity index (χ4v) is 8.70. The second-order valence-electron chi connectivity index (χ2n) is 20.5. The summed E-state index contributed by atoms with van der Waals surface area (Å²) in [5.74, 6) is 0.818. The zero-order chi connectivity index (χ0) is 46.1. The maximum absolute atomic E-state index is 12.8. The molecule has 0 spiro atoms. The van der Waals surface area contributed by atoms with Gasteiger partial charge in [0.2, 0.25) is 0 Å². The standard InChI is InChI=1S/C57H110O6/c1-6-7-8-9-10-11-12-13-19-22-27-32-37-42-47-55(58)61-50-54(51-62-56(59)48-43-38-33-29-24-26-31-36-41-46-53(4)5)63-57(60)49-44-39-34-28-23-20-17-15-14-16-18-21-25-30-35-40-45-52(2)3/h52-54H,6-51H2,1-5H3/t54-/m1/s1. The van der Waals surface area contributed by atoms with Crippen molar-refractivity contribution in [2.45, 2.75) is 323 Å². The third kappa shape index (κ3) is 51.3. The van der Waals surface area contributed by atoms with Crippen LogP contribution in [0.5, 0.6) is 0 Å². The third-order valence-electron chi connectivity index (χ3n) is 13.0. The monoisotopic (exact) mass is 891 g/mol. The van der Waals surface area contributed by atoms with Crippen molar-refractivity contribution in [2.24, 2.45) is 11.8 Å². The molecule has 0 aromatic carbocycles. The van der Waals surface area contributed by atoms with E-state index in [1.54, 1.807) is 0 Å². The number of esters is 3. The number of hydrogen-bond donors (Lipinski definition) is 0. The minimum Gasteiger partial charge on any atom is -0.462 e. The molecule has 0 aliphatic carbocycles. The lowest BCUT2D eigenvalue weighted by molar-refractivity contribution is -0.167. The van der Waals surface area contributed by atoms with E-state index in [1.807, 2.05) is 0 Å². The Kier molecular flexibility index (Phi) is 48.6. The van der Waals surface area contributed by atoms with E-state index < -0.39 is 6.10 Å². The maximum atomic E-state index is 12.8. The van der Waals surface area contributed by atoms with Crippen LogP contribution in [-0.2, 0) is 28.6 Å². The van der Waals surface area contributed by atoms with Gasteiger partial charge in [-0.2, -0.15) is 0 Å². The first-order valence-corrected chi connectivity index (χ1v) is 28.2. The van der Waals surface area contributed by atoms with Gasteiger partial charge in [0, 0.05) is 19.3 Å². The first-order valence-electron chi connectivity index (χ1n) is 28.2. The summed E-state index contributed by atoms with van der Waals surface area (Å²) in [4.78, 5) is 38.1. The van der Waals surface area contributed by atoms with E-state index in [2.05, 4.69) is 34.6 Å². The molecule has 0 saturated carbocycles. The van der Waals surface area contributed by atoms with Crippen LogP contribution in [0.3, 0.4) is 0 Å². The van der Waals surface area contributed by atoms with Crippen molar-refractivity contribution >= 4 is 17.9 Å². The van der Waals surface area contributed by atoms with Gasteiger partial charge in [-0.1, -0.05) is 279 Å². The predicted molar refractivity (Wildman–Crippen MR) is 270 cm³/mol. The molecule has 0 fully saturated rings. The van der Waals surface area contributed by atoms with Crippen molar-refractivity contribution in [3.8, 4) is 0 Å². The Labute approximate surface area is 393 Å². The van der Waals surface area contributed by atoms with E-state index >= 15 is 0 Å². The zero-order valence-corrected chi connectivity index (χ0v) is 43.2. The average Bonchev–Trinajstić information content (AvgIpc) is 3.25. The normalized spacial score (nSPS) is 12.0. The van der Waals surface area contributed by atoms with Crippen LogP contribution >= 0.6 is 0 Å². The van der Waals surface area contributed by atoms with Gasteiger partial charge in [0.05, 0.1) is 0 Å². The van der Waals surface area contributed by atoms with E-state index in [0.29, 0.717) is 19.3 Å². The molecule has 0 saturated heterocycles. The molecule has 0 aliphatic heterocycles. The van der Waals surface area contributed by atoms with Crippen LogP contribution in [0.15, 0.2) is 0 Å². The van der Waals surface area contributed by atoms with E-state index in [9.17, 15) is 14.4 Å². The van der Waals surface area contributed by atoms with Crippen LogP contribution in [0.25, 0.3) is 0 Å². The fraction of sp³-hybridized carbons (Fsp3) is 0.947. The Bertz CT molecular complexity index is 962. The smallest absolute Gasteiger partial charge is 0.306 e. The second-order valence-corrected chi connectivity index (χ2v) is 20.5. The van der Waals surface area contributed by atoms with Crippen molar-refractivity contribution in [3.05, 3.63) is 0 Å². The number of hydrogen-bond acceptors (Lipinski definition) is 6. The number of carbonyl (C=O) groups is 3. The maximum Gasteiger partial charge on any atom is 0.306 e. The van der Waals surface area contributed by atoms with Gasteiger partial charge in [0.15, 0.2) is 6.10 Å². The molecule has 0 unspecified atom stereocenters. The van der Waals surface area contributed by atoms with Crippen LogP contribution in [0, 0.1) is 11.8 Å². The van der Waals surface area contributed by atoms with E-state index in [0.717, 1.165) is 69.6 Å². The van der Waals surface area contributed by atoms with E-state index in [1.165, 1.54) is 205 Å². The number of unbranched alkanes of at least 4 members (excludes halogenated alkanes) is 36. The Morgan fingerprint density at radius 1 is 0.302 bits per heavy atom. The van der Waals surface area contributed by atoms with Crippen molar-refractivity contribution < 1.29 is 28.6 Å². The van der Waals surface area contributed by atoms with Gasteiger partial charge in [-0.05, 0) is 31.1 Å². The Balaban J connectivity index is 4.28. The summed E-state index contributed by atoms with van der Waals surface area (Å²) in [5.41, 5.74) is 0. The molecule has 0 radical (unpaired) electrons. The first kappa shape index (κ1) is 61.4. The molecule has 6 heteroatoms. The summed E-state index contributed by atoms with van der Waals surface area (Å²) in [6.07, 6.45) is 52.4. The minimum atomic E-state index is -0.762. The predicted octanol–water partition coefficient (Wildman–Crippen LogP) is 18.5. The van der Waals surface area contributed by atoms with Crippen LogP contribution in [0.4, 0.5) is 0 Å². The van der Waals surface area contributed by atoms with Gasteiger partial charge in [-0.15, -0.1) is 0 Å². The lowest BCUT2D eigenvalue weighted by atomic mass is 10.0. The first-order chi connectivity index (χ1) is 30.7. The Morgan fingerprint density at radius 3 is 0.778 bits per heavy atom. The van der Waals surface area contributed by atoms with E-state index in [-0.39, 0.29) is 31.1 Å². The lowest BCUT2D eigenvalue weighted by Gasteiger charge is -2.18. The summed E-state index contributed by atoms with van der Waals surface area (Å²) in [5, 5.41) is 0. The SMILES string of the molecule is CCCCCCCCCCCCCCCCC(=O)OC[C@H](COC(=O)CCCCCCCCCCCC(C)C)OC(=O)CCCCCCCCCCCCCCCCCCC(C)C. The topological polar surface area (TPSA) is 78.9 Å². The molecule has 0 N–H and O–H groups in total. The summed E-state index contributed by atoms with van der Waals surface area (Å²) in [7, 11) is 0. The highest BCUT2D eigenvalue weighted by molar-refractivity contribution is 5.71. The minimum absolute atomic E-state index is 0.0630. The van der Waals surface area contributed by atoms with Crippen LogP contribution in [0.2, 0.25) is 0 Å². The van der Waals surface area contributed by atoms with Gasteiger partial charge in [-0.25, -0.2) is 0 Å². The van der Waals surface area contributed by atoms with Crippen molar-refractivity contribution in [2.75, 3.05) is 13.2 Å². The lowest BCUT2D eigenvalue weighted by Crippen LogP contribution is -2.30. The molecule has 0 amide bonds. The molecular weight excluding hydrogens is 781 g/mol. The molecule has 1 atom stereocenters. The second kappa shape index (κ2) is 49.8. The number of rotatable bonds is 51. The van der Waals surface area contributed by atoms with Crippen LogP contribution in [-0.4, -0.2) is 37.2 Å². The highest BCUT2D eigenvalue weighted by atomic mass is 16.6. The zero-order valence-electron chi connectivity index (χ0n) is 43.2. The van der Waals surface area contributed by atoms with Gasteiger partial charge in [0.1, 0.15) is 13.2 Å². The Hall–Kier alpha value is -1.59. The molecule has 0 rings (SSSR count). The highest BCUT2D eigenvalue weighted by Gasteiger charge is 2.19. The summed E-state index contributed by atoms with van der Waals surface area (Å²) < 4.78 is 16.9. The van der Waals surface area contributed by atoms with Gasteiger partial charge in [-0.3, -0.25) is 14.4 Å². The quantitative estimate of drug-likeness (QED) is 0.0344. The largest absolute Gasteiger partial charge is 0.462 e. The molecule has 0 aromatic rings. The summed E-state index contributed by atoms with van der Waals surface area (Å²) in [6, 6.07) is 0. The fourth-order valence-electron chi connectivity index (χ4n) is 8.70. The van der Waals surface area contributed by atoms with Crippen LogP contribution in [0.1, 0.15) is 317 Å².